The van der Waals surface area contributed by atoms with Crippen molar-refractivity contribution in [3.63, 3.8) is 0 Å². The number of para-hydroxylation sites is 1. The Labute approximate surface area is 190 Å². The summed E-state index contributed by atoms with van der Waals surface area (Å²) < 4.78 is 8.51. The number of tetrazole rings is 1. The van der Waals surface area contributed by atoms with Crippen LogP contribution in [0.1, 0.15) is 16.1 Å². The van der Waals surface area contributed by atoms with Gasteiger partial charge in [-0.15, -0.1) is 10.2 Å². The Kier molecular flexibility index (Phi) is 5.16. The Hall–Kier alpha value is -3.98. The van der Waals surface area contributed by atoms with E-state index in [1.807, 2.05) is 66.7 Å². The highest BCUT2D eigenvalue weighted by Gasteiger charge is 2.18. The number of rotatable bonds is 6. The molecule has 0 aliphatic rings. The van der Waals surface area contributed by atoms with Crippen molar-refractivity contribution in [1.29, 1.82) is 0 Å². The lowest BCUT2D eigenvalue weighted by atomic mass is 10.1. The molecule has 0 atom stereocenters. The summed E-state index contributed by atoms with van der Waals surface area (Å²) in [6, 6.07) is 22.4. The van der Waals surface area contributed by atoms with Gasteiger partial charge in [-0.2, -0.15) is 5.21 Å². The molecule has 0 saturated carbocycles. The number of halogens is 1. The molecular weight excluding hydrogens is 474 g/mol. The molecule has 0 aliphatic heterocycles. The molecule has 5 rings (SSSR count). The predicted molar refractivity (Wildman–Crippen MR) is 122 cm³/mol. The molecule has 3 aromatic carbocycles. The molecule has 0 radical (unpaired) electrons. The number of ether oxygens (including phenoxy) is 1. The van der Waals surface area contributed by atoms with Crippen LogP contribution in [0.4, 0.5) is 0 Å². The maximum atomic E-state index is 12.0. The summed E-state index contributed by atoms with van der Waals surface area (Å²) in [7, 11) is 0. The molecular formula is C23H16BrN5O3. The summed E-state index contributed by atoms with van der Waals surface area (Å²) in [4.78, 5) is 12.0. The van der Waals surface area contributed by atoms with Gasteiger partial charge in [-0.25, -0.2) is 4.79 Å². The number of carboxylic acids is 1. The van der Waals surface area contributed by atoms with E-state index in [9.17, 15) is 9.90 Å². The van der Waals surface area contributed by atoms with E-state index in [1.54, 1.807) is 10.6 Å². The number of nitrogens with one attached hydrogen (secondary N) is 1. The number of aromatic nitrogens is 5. The lowest BCUT2D eigenvalue weighted by molar-refractivity contribution is 0.0686. The van der Waals surface area contributed by atoms with Crippen LogP contribution in [-0.2, 0) is 6.54 Å². The first-order chi connectivity index (χ1) is 15.6. The monoisotopic (exact) mass is 489 g/mol. The van der Waals surface area contributed by atoms with Crippen molar-refractivity contribution in [3.05, 3.63) is 88.5 Å². The molecule has 158 valence electrons. The van der Waals surface area contributed by atoms with Gasteiger partial charge in [0.15, 0.2) is 0 Å². The molecule has 0 saturated heterocycles. The fourth-order valence-corrected chi connectivity index (χ4v) is 4.09. The highest BCUT2D eigenvalue weighted by atomic mass is 79.9. The Morgan fingerprint density at radius 1 is 1.03 bits per heavy atom. The van der Waals surface area contributed by atoms with E-state index in [0.29, 0.717) is 23.9 Å². The summed E-state index contributed by atoms with van der Waals surface area (Å²) in [5.74, 6) is 0.814. The van der Waals surface area contributed by atoms with Gasteiger partial charge in [0, 0.05) is 28.0 Å². The van der Waals surface area contributed by atoms with Crippen LogP contribution in [0.3, 0.4) is 0 Å². The van der Waals surface area contributed by atoms with Gasteiger partial charge in [0.2, 0.25) is 5.82 Å². The molecule has 0 aliphatic carbocycles. The average Bonchev–Trinajstić information content (AvgIpc) is 3.44. The maximum absolute atomic E-state index is 12.0. The Morgan fingerprint density at radius 2 is 1.81 bits per heavy atom. The van der Waals surface area contributed by atoms with Crippen LogP contribution in [0.2, 0.25) is 0 Å². The first-order valence-electron chi connectivity index (χ1n) is 9.70. The number of hydrogen-bond donors (Lipinski definition) is 2. The van der Waals surface area contributed by atoms with Gasteiger partial charge < -0.3 is 14.4 Å². The lowest BCUT2D eigenvalue weighted by Gasteiger charge is -2.11. The van der Waals surface area contributed by atoms with Crippen molar-refractivity contribution >= 4 is 32.8 Å². The van der Waals surface area contributed by atoms with Crippen molar-refractivity contribution in [2.24, 2.45) is 0 Å². The van der Waals surface area contributed by atoms with Crippen LogP contribution in [-0.4, -0.2) is 36.3 Å². The third kappa shape index (κ3) is 3.85. The Morgan fingerprint density at radius 3 is 2.50 bits per heavy atom. The summed E-state index contributed by atoms with van der Waals surface area (Å²) in [6.07, 6.45) is 0. The van der Waals surface area contributed by atoms with Crippen LogP contribution in [0.15, 0.2) is 77.3 Å². The van der Waals surface area contributed by atoms with E-state index in [2.05, 4.69) is 36.6 Å². The number of carbonyl (C=O) groups is 1. The first kappa shape index (κ1) is 20.0. The van der Waals surface area contributed by atoms with Crippen LogP contribution in [0, 0.1) is 0 Å². The second-order valence-electron chi connectivity index (χ2n) is 7.11. The topological polar surface area (TPSA) is 106 Å². The second kappa shape index (κ2) is 8.27. The largest absolute Gasteiger partial charge is 0.477 e. The third-order valence-electron chi connectivity index (χ3n) is 5.04. The molecule has 0 unspecified atom stereocenters. The number of carboxylic acid groups (broad SMARTS) is 1. The molecule has 0 amide bonds. The number of benzene rings is 3. The Balaban J connectivity index is 1.54. The highest BCUT2D eigenvalue weighted by Crippen LogP contribution is 2.34. The van der Waals surface area contributed by atoms with Gasteiger partial charge in [-0.05, 0) is 51.0 Å². The van der Waals surface area contributed by atoms with E-state index in [0.717, 1.165) is 26.5 Å². The minimum Gasteiger partial charge on any atom is -0.477 e. The lowest BCUT2D eigenvalue weighted by Crippen LogP contribution is -2.09. The highest BCUT2D eigenvalue weighted by molar-refractivity contribution is 9.10. The minimum atomic E-state index is -0.998. The summed E-state index contributed by atoms with van der Waals surface area (Å²) in [6.45, 7) is 0.374. The average molecular weight is 490 g/mol. The van der Waals surface area contributed by atoms with E-state index >= 15 is 0 Å². The molecule has 2 heterocycles. The molecule has 32 heavy (non-hydrogen) atoms. The SMILES string of the molecule is O=C(O)c1cc2c(Br)cc(Oc3ccccc3)cc2n1Cc1ccc(-c2nn[nH]n2)cc1. The standard InChI is InChI=1S/C23H16BrN5O3/c24-19-10-17(32-16-4-2-1-3-5-16)11-20-18(19)12-21(23(30)31)29(20)13-14-6-8-15(9-7-14)22-25-27-28-26-22/h1-12H,13H2,(H,30,31)(H,25,26,27,28). The van der Waals surface area contributed by atoms with Gasteiger partial charge >= 0.3 is 5.97 Å². The number of nitrogens with zero attached hydrogens (tertiary/aromatic N) is 4. The quantitative estimate of drug-likeness (QED) is 0.342. The van der Waals surface area contributed by atoms with E-state index in [1.165, 1.54) is 0 Å². The molecule has 0 spiro atoms. The zero-order valence-electron chi connectivity index (χ0n) is 16.6. The fourth-order valence-electron chi connectivity index (χ4n) is 3.55. The van der Waals surface area contributed by atoms with Crippen LogP contribution >= 0.6 is 15.9 Å². The van der Waals surface area contributed by atoms with Gasteiger partial charge in [0.25, 0.3) is 0 Å². The van der Waals surface area contributed by atoms with Crippen molar-refractivity contribution in [3.8, 4) is 22.9 Å². The normalized spacial score (nSPS) is 11.0. The smallest absolute Gasteiger partial charge is 0.352 e. The Bertz CT molecular complexity index is 1400. The molecule has 2 N–H and O–H groups in total. The van der Waals surface area contributed by atoms with Crippen molar-refractivity contribution in [1.82, 2.24) is 25.2 Å². The zero-order valence-corrected chi connectivity index (χ0v) is 18.2. The van der Waals surface area contributed by atoms with E-state index in [4.69, 9.17) is 4.74 Å². The number of H-pyrrole nitrogens is 1. The molecule has 5 aromatic rings. The molecule has 9 heteroatoms. The minimum absolute atomic E-state index is 0.194. The summed E-state index contributed by atoms with van der Waals surface area (Å²) >= 11 is 3.57. The first-order valence-corrected chi connectivity index (χ1v) is 10.5. The van der Waals surface area contributed by atoms with Crippen molar-refractivity contribution < 1.29 is 14.6 Å². The van der Waals surface area contributed by atoms with Crippen LogP contribution in [0.25, 0.3) is 22.3 Å². The second-order valence-corrected chi connectivity index (χ2v) is 7.96. The van der Waals surface area contributed by atoms with Gasteiger partial charge in [-0.3, -0.25) is 0 Å². The predicted octanol–water partition coefficient (Wildman–Crippen LogP) is 5.12. The molecule has 0 bridgehead atoms. The summed E-state index contributed by atoms with van der Waals surface area (Å²) in [5.41, 5.74) is 2.70. The van der Waals surface area contributed by atoms with E-state index < -0.39 is 5.97 Å². The van der Waals surface area contributed by atoms with Gasteiger partial charge in [0.1, 0.15) is 17.2 Å². The maximum Gasteiger partial charge on any atom is 0.352 e. The zero-order chi connectivity index (χ0) is 22.1. The van der Waals surface area contributed by atoms with Crippen LogP contribution < -0.4 is 4.74 Å². The molecule has 8 nitrogen and oxygen atoms in total. The number of aromatic amines is 1. The molecule has 0 fully saturated rings. The third-order valence-corrected chi connectivity index (χ3v) is 5.70. The van der Waals surface area contributed by atoms with E-state index in [-0.39, 0.29) is 5.69 Å². The summed E-state index contributed by atoms with van der Waals surface area (Å²) in [5, 5.41) is 24.6. The number of hydrogen-bond acceptors (Lipinski definition) is 5. The van der Waals surface area contributed by atoms with Gasteiger partial charge in [0.05, 0.1) is 5.52 Å². The van der Waals surface area contributed by atoms with Crippen molar-refractivity contribution in [2.45, 2.75) is 6.54 Å². The van der Waals surface area contributed by atoms with Gasteiger partial charge in [-0.1, -0.05) is 42.5 Å². The fraction of sp³-hybridized carbons (Fsp3) is 0.0435. The van der Waals surface area contributed by atoms with Crippen molar-refractivity contribution in [2.75, 3.05) is 0 Å². The number of fused-ring (bicyclic) bond motifs is 1. The number of aromatic carboxylic acids is 1. The van der Waals surface area contributed by atoms with Crippen LogP contribution in [0.5, 0.6) is 11.5 Å². The molecule has 2 aromatic heterocycles.